The first-order valence-electron chi connectivity index (χ1n) is 12.9. The van der Waals surface area contributed by atoms with Gasteiger partial charge in [0.2, 0.25) is 0 Å². The fourth-order valence-corrected chi connectivity index (χ4v) is 5.47. The Hall–Kier alpha value is -3.86. The number of carbonyl (C=O) groups excluding carboxylic acids is 1. The number of carboxylic acid groups (broad SMARTS) is 1. The van der Waals surface area contributed by atoms with Gasteiger partial charge in [-0.05, 0) is 54.8 Å². The minimum absolute atomic E-state index is 0.0631. The number of halogens is 5. The molecule has 218 valence electrons. The Morgan fingerprint density at radius 2 is 1.55 bits per heavy atom. The molecule has 1 aromatic heterocycles. The second kappa shape index (κ2) is 11.4. The van der Waals surface area contributed by atoms with E-state index < -0.39 is 35.6 Å². The van der Waals surface area contributed by atoms with Crippen LogP contribution in [0.1, 0.15) is 40.0 Å². The number of aliphatic hydroxyl groups is 1. The summed E-state index contributed by atoms with van der Waals surface area (Å²) in [5, 5.41) is 26.4. The molecule has 0 bridgehead atoms. The van der Waals surface area contributed by atoms with E-state index >= 15 is 0 Å². The lowest BCUT2D eigenvalue weighted by Crippen LogP contribution is -2.45. The van der Waals surface area contributed by atoms with Crippen molar-refractivity contribution >= 4 is 35.1 Å². The van der Waals surface area contributed by atoms with Crippen LogP contribution < -0.4 is 0 Å². The lowest BCUT2D eigenvalue weighted by Gasteiger charge is -2.38. The number of likely N-dealkylation sites (tertiary alicyclic amines) is 1. The molecule has 2 heterocycles. The van der Waals surface area contributed by atoms with Gasteiger partial charge in [0.05, 0.1) is 34.0 Å². The topological polar surface area (TPSA) is 95.7 Å². The van der Waals surface area contributed by atoms with Crippen LogP contribution in [0.25, 0.3) is 16.9 Å². The fraction of sp³-hybridized carbons (Fsp3) is 0.233. The number of piperidine rings is 1. The monoisotopic (exact) mass is 617 g/mol. The minimum Gasteiger partial charge on any atom is -0.481 e. The lowest BCUT2D eigenvalue weighted by molar-refractivity contribution is -0.138. The molecule has 42 heavy (non-hydrogen) atoms. The minimum atomic E-state index is -4.50. The van der Waals surface area contributed by atoms with Gasteiger partial charge in [-0.3, -0.25) is 9.59 Å². The van der Waals surface area contributed by atoms with Crippen molar-refractivity contribution in [1.82, 2.24) is 14.7 Å². The second-order valence-electron chi connectivity index (χ2n) is 10.0. The van der Waals surface area contributed by atoms with Crippen molar-refractivity contribution in [1.29, 1.82) is 0 Å². The largest absolute Gasteiger partial charge is 0.481 e. The molecule has 0 radical (unpaired) electrons. The predicted octanol–water partition coefficient (Wildman–Crippen LogP) is 6.62. The lowest BCUT2D eigenvalue weighted by atomic mass is 9.84. The fourth-order valence-electron chi connectivity index (χ4n) is 5.13. The Morgan fingerprint density at radius 1 is 0.929 bits per heavy atom. The first-order valence-corrected chi connectivity index (χ1v) is 13.7. The molecule has 1 saturated heterocycles. The van der Waals surface area contributed by atoms with Gasteiger partial charge in [-0.25, -0.2) is 4.68 Å². The van der Waals surface area contributed by atoms with E-state index in [1.807, 2.05) is 0 Å². The zero-order chi connectivity index (χ0) is 30.2. The first-order chi connectivity index (χ1) is 19.9. The Balaban J connectivity index is 1.50. The van der Waals surface area contributed by atoms with Gasteiger partial charge in [-0.1, -0.05) is 59.6 Å². The summed E-state index contributed by atoms with van der Waals surface area (Å²) in [7, 11) is 0. The molecule has 1 amide bonds. The Labute approximate surface area is 248 Å². The average molecular weight is 618 g/mol. The second-order valence-corrected chi connectivity index (χ2v) is 10.9. The number of carbonyl (C=O) groups is 2. The van der Waals surface area contributed by atoms with E-state index in [4.69, 9.17) is 23.2 Å². The van der Waals surface area contributed by atoms with E-state index in [9.17, 15) is 33.0 Å². The standard InChI is InChI=1S/C30H24Cl2F3N3O4/c31-21-11-5-18(6-12-21)27-22(17-25(39)40)26(36-38(27)24-4-2-1-3-23(24)32)28(41)37-15-13-29(42,14-16-37)19-7-9-20(10-8-19)30(33,34)35/h1-12,42H,13-17H2,(H,39,40). The third-order valence-corrected chi connectivity index (χ3v) is 7.91. The van der Waals surface area contributed by atoms with Gasteiger partial charge < -0.3 is 15.1 Å². The van der Waals surface area contributed by atoms with Crippen LogP contribution in [-0.4, -0.2) is 49.9 Å². The summed E-state index contributed by atoms with van der Waals surface area (Å²) in [5.41, 5.74) is -0.468. The molecule has 2 N–H and O–H groups in total. The van der Waals surface area contributed by atoms with Crippen LogP contribution in [-0.2, 0) is 23.0 Å². The van der Waals surface area contributed by atoms with Gasteiger partial charge >= 0.3 is 12.1 Å². The normalized spacial score (nSPS) is 15.0. The molecule has 12 heteroatoms. The summed E-state index contributed by atoms with van der Waals surface area (Å²) in [6.45, 7) is 0.135. The molecule has 1 aliphatic rings. The average Bonchev–Trinajstić information content (AvgIpc) is 3.31. The molecular weight excluding hydrogens is 594 g/mol. The highest BCUT2D eigenvalue weighted by Crippen LogP contribution is 2.37. The quantitative estimate of drug-likeness (QED) is 0.254. The molecule has 0 unspecified atom stereocenters. The molecule has 0 spiro atoms. The summed E-state index contributed by atoms with van der Waals surface area (Å²) >= 11 is 12.6. The van der Waals surface area contributed by atoms with Crippen LogP contribution in [0, 0.1) is 0 Å². The van der Waals surface area contributed by atoms with Crippen LogP contribution in [0.3, 0.4) is 0 Å². The highest BCUT2D eigenvalue weighted by molar-refractivity contribution is 6.32. The van der Waals surface area contributed by atoms with Gasteiger partial charge in [0.1, 0.15) is 0 Å². The van der Waals surface area contributed by atoms with E-state index in [-0.39, 0.29) is 37.2 Å². The van der Waals surface area contributed by atoms with Crippen molar-refractivity contribution in [2.45, 2.75) is 31.0 Å². The van der Waals surface area contributed by atoms with Crippen molar-refractivity contribution in [3.05, 3.63) is 105 Å². The third-order valence-electron chi connectivity index (χ3n) is 7.34. The number of aliphatic carboxylic acids is 1. The molecular formula is C30H24Cl2F3N3O4. The maximum Gasteiger partial charge on any atom is 0.416 e. The van der Waals surface area contributed by atoms with E-state index in [0.29, 0.717) is 32.6 Å². The number of para-hydroxylation sites is 1. The van der Waals surface area contributed by atoms with Gasteiger partial charge in [-0.15, -0.1) is 0 Å². The molecule has 1 aliphatic heterocycles. The SMILES string of the molecule is O=C(O)Cc1c(C(=O)N2CCC(O)(c3ccc(C(F)(F)F)cc3)CC2)nn(-c2ccccc2Cl)c1-c1ccc(Cl)cc1. The number of carboxylic acids is 1. The van der Waals surface area contributed by atoms with Crippen molar-refractivity contribution in [3.63, 3.8) is 0 Å². The summed E-state index contributed by atoms with van der Waals surface area (Å²) in [5.74, 6) is -1.71. The number of amides is 1. The van der Waals surface area contributed by atoms with Crippen LogP contribution in [0.4, 0.5) is 13.2 Å². The smallest absolute Gasteiger partial charge is 0.416 e. The van der Waals surface area contributed by atoms with E-state index in [0.717, 1.165) is 12.1 Å². The number of alkyl halides is 3. The van der Waals surface area contributed by atoms with Gasteiger partial charge in [0, 0.05) is 29.2 Å². The highest BCUT2D eigenvalue weighted by Gasteiger charge is 2.38. The van der Waals surface area contributed by atoms with Crippen LogP contribution in [0.15, 0.2) is 72.8 Å². The number of rotatable bonds is 6. The summed E-state index contributed by atoms with van der Waals surface area (Å²) in [6.07, 6.45) is -4.88. The molecule has 5 rings (SSSR count). The predicted molar refractivity (Wildman–Crippen MR) is 151 cm³/mol. The van der Waals surface area contributed by atoms with Crippen LogP contribution in [0.2, 0.25) is 10.0 Å². The zero-order valence-corrected chi connectivity index (χ0v) is 23.4. The van der Waals surface area contributed by atoms with Crippen molar-refractivity contribution in [2.75, 3.05) is 13.1 Å². The van der Waals surface area contributed by atoms with Crippen molar-refractivity contribution in [3.8, 4) is 16.9 Å². The number of nitrogens with zero attached hydrogens (tertiary/aromatic N) is 3. The number of hydrogen-bond acceptors (Lipinski definition) is 4. The number of benzene rings is 3. The third kappa shape index (κ3) is 5.88. The van der Waals surface area contributed by atoms with Gasteiger partial charge in [0.25, 0.3) is 5.91 Å². The van der Waals surface area contributed by atoms with E-state index in [2.05, 4.69) is 5.10 Å². The van der Waals surface area contributed by atoms with Crippen molar-refractivity contribution in [2.24, 2.45) is 0 Å². The van der Waals surface area contributed by atoms with Crippen LogP contribution in [0.5, 0.6) is 0 Å². The number of aromatic nitrogens is 2. The number of hydrogen-bond donors (Lipinski definition) is 2. The Morgan fingerprint density at radius 3 is 2.12 bits per heavy atom. The van der Waals surface area contributed by atoms with Gasteiger partial charge in [-0.2, -0.15) is 18.3 Å². The summed E-state index contributed by atoms with van der Waals surface area (Å²) in [4.78, 5) is 27.3. The molecule has 0 aliphatic carbocycles. The molecule has 0 saturated carbocycles. The Bertz CT molecular complexity index is 1630. The van der Waals surface area contributed by atoms with E-state index in [1.165, 1.54) is 21.7 Å². The molecule has 0 atom stereocenters. The molecule has 7 nitrogen and oxygen atoms in total. The zero-order valence-electron chi connectivity index (χ0n) is 21.9. The van der Waals surface area contributed by atoms with Crippen molar-refractivity contribution < 1.29 is 33.0 Å². The maximum atomic E-state index is 13.9. The summed E-state index contributed by atoms with van der Waals surface area (Å²) < 4.78 is 40.4. The van der Waals surface area contributed by atoms with E-state index in [1.54, 1.807) is 48.5 Å². The van der Waals surface area contributed by atoms with Gasteiger partial charge in [0.15, 0.2) is 5.69 Å². The molecule has 1 fully saturated rings. The highest BCUT2D eigenvalue weighted by atomic mass is 35.5. The van der Waals surface area contributed by atoms with Crippen LogP contribution >= 0.6 is 23.2 Å². The first kappa shape index (κ1) is 29.6. The molecule has 4 aromatic rings. The maximum absolute atomic E-state index is 13.9. The molecule has 3 aromatic carbocycles. The summed E-state index contributed by atoms with van der Waals surface area (Å²) in [6, 6.07) is 17.8. The Kier molecular flexibility index (Phi) is 8.06.